The van der Waals surface area contributed by atoms with Crippen molar-refractivity contribution < 1.29 is 9.84 Å². The summed E-state index contributed by atoms with van der Waals surface area (Å²) in [5.74, 6) is 1.65. The molecule has 0 saturated carbocycles. The molecular formula is C17H21N3O2. The maximum absolute atomic E-state index is 10.8. The van der Waals surface area contributed by atoms with Crippen molar-refractivity contribution in [2.75, 3.05) is 24.6 Å². The summed E-state index contributed by atoms with van der Waals surface area (Å²) in [6.45, 7) is 3.65. The Balaban J connectivity index is 1.66. The summed E-state index contributed by atoms with van der Waals surface area (Å²) in [6.07, 6.45) is 3.22. The van der Waals surface area contributed by atoms with Gasteiger partial charge in [-0.15, -0.1) is 0 Å². The van der Waals surface area contributed by atoms with Crippen LogP contribution in [0.25, 0.3) is 0 Å². The molecule has 1 aliphatic rings. The van der Waals surface area contributed by atoms with E-state index in [1.807, 2.05) is 43.3 Å². The molecule has 5 heteroatoms. The Morgan fingerprint density at radius 1 is 1.27 bits per heavy atom. The zero-order valence-electron chi connectivity index (χ0n) is 12.8. The summed E-state index contributed by atoms with van der Waals surface area (Å²) < 4.78 is 5.75. The SMILES string of the molecule is Cc1cc(N2CCC[C@@](O)(COc3ccccc3)C2)ncn1. The molecule has 1 aromatic carbocycles. The number of aliphatic hydroxyl groups is 1. The fourth-order valence-corrected chi connectivity index (χ4v) is 2.77. The zero-order valence-corrected chi connectivity index (χ0v) is 12.8. The maximum atomic E-state index is 10.8. The topological polar surface area (TPSA) is 58.5 Å². The average molecular weight is 299 g/mol. The quantitative estimate of drug-likeness (QED) is 0.938. The number of para-hydroxylation sites is 1. The van der Waals surface area contributed by atoms with Crippen molar-refractivity contribution in [2.24, 2.45) is 0 Å². The molecule has 1 atom stereocenters. The predicted octanol–water partition coefficient (Wildman–Crippen LogP) is 2.20. The summed E-state index contributed by atoms with van der Waals surface area (Å²) >= 11 is 0. The molecule has 0 bridgehead atoms. The van der Waals surface area contributed by atoms with E-state index in [0.29, 0.717) is 6.54 Å². The minimum absolute atomic E-state index is 0.289. The summed E-state index contributed by atoms with van der Waals surface area (Å²) in [5.41, 5.74) is 0.0760. The number of piperidine rings is 1. The molecule has 0 radical (unpaired) electrons. The summed E-state index contributed by atoms with van der Waals surface area (Å²) in [4.78, 5) is 10.5. The molecule has 0 aliphatic carbocycles. The molecule has 5 nitrogen and oxygen atoms in total. The largest absolute Gasteiger partial charge is 0.491 e. The fourth-order valence-electron chi connectivity index (χ4n) is 2.77. The normalized spacial score (nSPS) is 21.6. The van der Waals surface area contributed by atoms with Gasteiger partial charge in [-0.1, -0.05) is 18.2 Å². The van der Waals surface area contributed by atoms with Gasteiger partial charge in [0.2, 0.25) is 0 Å². The second-order valence-corrected chi connectivity index (χ2v) is 5.87. The van der Waals surface area contributed by atoms with E-state index in [4.69, 9.17) is 4.74 Å². The van der Waals surface area contributed by atoms with Gasteiger partial charge in [-0.05, 0) is 31.9 Å². The number of anilines is 1. The summed E-state index contributed by atoms with van der Waals surface area (Å²) in [5, 5.41) is 10.8. The van der Waals surface area contributed by atoms with Crippen molar-refractivity contribution in [2.45, 2.75) is 25.4 Å². The van der Waals surface area contributed by atoms with Gasteiger partial charge in [0.1, 0.15) is 30.1 Å². The molecule has 1 saturated heterocycles. The Bertz CT molecular complexity index is 620. The number of hydrogen-bond donors (Lipinski definition) is 1. The van der Waals surface area contributed by atoms with Crippen LogP contribution in [-0.2, 0) is 0 Å². The molecule has 3 rings (SSSR count). The van der Waals surface area contributed by atoms with Crippen LogP contribution in [0.4, 0.5) is 5.82 Å². The third-order valence-corrected chi connectivity index (χ3v) is 3.92. The van der Waals surface area contributed by atoms with Crippen molar-refractivity contribution in [3.8, 4) is 5.75 Å². The molecule has 22 heavy (non-hydrogen) atoms. The minimum Gasteiger partial charge on any atom is -0.491 e. The van der Waals surface area contributed by atoms with Crippen LogP contribution >= 0.6 is 0 Å². The van der Waals surface area contributed by atoms with E-state index in [0.717, 1.165) is 36.6 Å². The third kappa shape index (κ3) is 3.54. The molecule has 0 unspecified atom stereocenters. The highest BCUT2D eigenvalue weighted by molar-refractivity contribution is 5.40. The zero-order chi connectivity index (χ0) is 15.4. The van der Waals surface area contributed by atoms with Gasteiger partial charge in [-0.2, -0.15) is 0 Å². The molecule has 1 N–H and O–H groups in total. The van der Waals surface area contributed by atoms with Gasteiger partial charge in [-0.3, -0.25) is 0 Å². The molecule has 2 heterocycles. The van der Waals surface area contributed by atoms with Gasteiger partial charge < -0.3 is 14.7 Å². The number of ether oxygens (including phenoxy) is 1. The molecule has 1 aromatic heterocycles. The minimum atomic E-state index is -0.854. The van der Waals surface area contributed by atoms with E-state index < -0.39 is 5.60 Å². The van der Waals surface area contributed by atoms with Crippen LogP contribution in [-0.4, -0.2) is 40.4 Å². The van der Waals surface area contributed by atoms with Crippen LogP contribution in [0.2, 0.25) is 0 Å². The number of benzene rings is 1. The molecular weight excluding hydrogens is 278 g/mol. The van der Waals surface area contributed by atoms with Crippen LogP contribution in [0.5, 0.6) is 5.75 Å². The van der Waals surface area contributed by atoms with Crippen molar-refractivity contribution in [3.63, 3.8) is 0 Å². The number of nitrogens with zero attached hydrogens (tertiary/aromatic N) is 3. The lowest BCUT2D eigenvalue weighted by Crippen LogP contribution is -2.52. The highest BCUT2D eigenvalue weighted by atomic mass is 16.5. The average Bonchev–Trinajstić information content (AvgIpc) is 2.54. The van der Waals surface area contributed by atoms with E-state index in [-0.39, 0.29) is 6.61 Å². The Hall–Kier alpha value is -2.14. The first-order valence-electron chi connectivity index (χ1n) is 7.58. The maximum Gasteiger partial charge on any atom is 0.132 e. The number of hydrogen-bond acceptors (Lipinski definition) is 5. The van der Waals surface area contributed by atoms with Crippen LogP contribution in [0.1, 0.15) is 18.5 Å². The third-order valence-electron chi connectivity index (χ3n) is 3.92. The van der Waals surface area contributed by atoms with Crippen molar-refractivity contribution in [1.29, 1.82) is 0 Å². The number of aryl methyl sites for hydroxylation is 1. The first kappa shape index (κ1) is 14.8. The second-order valence-electron chi connectivity index (χ2n) is 5.87. The molecule has 1 aliphatic heterocycles. The molecule has 2 aromatic rings. The highest BCUT2D eigenvalue weighted by Crippen LogP contribution is 2.26. The van der Waals surface area contributed by atoms with Gasteiger partial charge in [0.15, 0.2) is 0 Å². The second kappa shape index (κ2) is 6.32. The van der Waals surface area contributed by atoms with E-state index in [1.165, 1.54) is 0 Å². The van der Waals surface area contributed by atoms with Crippen LogP contribution in [0, 0.1) is 6.92 Å². The molecule has 116 valence electrons. The van der Waals surface area contributed by atoms with Crippen LogP contribution in [0.3, 0.4) is 0 Å². The smallest absolute Gasteiger partial charge is 0.132 e. The summed E-state index contributed by atoms with van der Waals surface area (Å²) in [6, 6.07) is 11.5. The molecule has 0 spiro atoms. The summed E-state index contributed by atoms with van der Waals surface area (Å²) in [7, 11) is 0. The lowest BCUT2D eigenvalue weighted by molar-refractivity contribution is -0.0156. The Morgan fingerprint density at radius 3 is 2.86 bits per heavy atom. The van der Waals surface area contributed by atoms with Crippen molar-refractivity contribution in [3.05, 3.63) is 48.4 Å². The highest BCUT2D eigenvalue weighted by Gasteiger charge is 2.34. The Kier molecular flexibility index (Phi) is 4.24. The standard InChI is InChI=1S/C17H21N3O2/c1-14-10-16(19-13-18-14)20-9-5-8-17(21,11-20)12-22-15-6-3-2-4-7-15/h2-4,6-7,10,13,21H,5,8-9,11-12H2,1H3/t17-/m0/s1. The van der Waals surface area contributed by atoms with Crippen LogP contribution in [0.15, 0.2) is 42.7 Å². The first-order chi connectivity index (χ1) is 10.6. The van der Waals surface area contributed by atoms with E-state index in [9.17, 15) is 5.11 Å². The van der Waals surface area contributed by atoms with E-state index >= 15 is 0 Å². The predicted molar refractivity (Wildman–Crippen MR) is 85.1 cm³/mol. The van der Waals surface area contributed by atoms with E-state index in [2.05, 4.69) is 14.9 Å². The van der Waals surface area contributed by atoms with E-state index in [1.54, 1.807) is 6.33 Å². The Labute approximate surface area is 130 Å². The van der Waals surface area contributed by atoms with Gasteiger partial charge in [-0.25, -0.2) is 9.97 Å². The van der Waals surface area contributed by atoms with Crippen molar-refractivity contribution in [1.82, 2.24) is 9.97 Å². The van der Waals surface area contributed by atoms with Gasteiger partial charge >= 0.3 is 0 Å². The number of aromatic nitrogens is 2. The first-order valence-corrected chi connectivity index (χ1v) is 7.58. The Morgan fingerprint density at radius 2 is 2.09 bits per heavy atom. The fraction of sp³-hybridized carbons (Fsp3) is 0.412. The van der Waals surface area contributed by atoms with Crippen molar-refractivity contribution >= 4 is 5.82 Å². The molecule has 0 amide bonds. The lowest BCUT2D eigenvalue weighted by Gasteiger charge is -2.39. The van der Waals surface area contributed by atoms with Gasteiger partial charge in [0.25, 0.3) is 0 Å². The van der Waals surface area contributed by atoms with Gasteiger partial charge in [0.05, 0.1) is 6.54 Å². The number of rotatable bonds is 4. The lowest BCUT2D eigenvalue weighted by atomic mass is 9.93. The molecule has 1 fully saturated rings. The van der Waals surface area contributed by atoms with Crippen LogP contribution < -0.4 is 9.64 Å². The number of β-amino-alcohol motifs (C(OH)–C–C–N with tert-alkyl or cyclic N) is 1. The monoisotopic (exact) mass is 299 g/mol. The van der Waals surface area contributed by atoms with Gasteiger partial charge in [0, 0.05) is 18.3 Å².